The Hall–Kier alpha value is -2.06. The molecule has 1 fully saturated rings. The van der Waals surface area contributed by atoms with Gasteiger partial charge >= 0.3 is 0 Å². The zero-order chi connectivity index (χ0) is 12.8. The van der Waals surface area contributed by atoms with E-state index in [0.717, 1.165) is 11.3 Å². The molecule has 2 N–H and O–H groups in total. The molecule has 0 atom stereocenters. The van der Waals surface area contributed by atoms with E-state index in [1.807, 2.05) is 12.1 Å². The summed E-state index contributed by atoms with van der Waals surface area (Å²) in [5.41, 5.74) is 7.63. The molecule has 0 aliphatic carbocycles. The molecule has 3 rings (SSSR count). The summed E-state index contributed by atoms with van der Waals surface area (Å²) >= 11 is 0. The molecular weight excluding hydrogens is 230 g/mol. The Morgan fingerprint density at radius 3 is 2.89 bits per heavy atom. The van der Waals surface area contributed by atoms with Crippen LogP contribution in [0.5, 0.6) is 0 Å². The molecule has 2 aliphatic rings. The van der Waals surface area contributed by atoms with Crippen LogP contribution in [0, 0.1) is 16.7 Å². The van der Waals surface area contributed by atoms with Gasteiger partial charge in [-0.3, -0.25) is 4.79 Å². The first-order valence-electron chi connectivity index (χ1n) is 5.81. The molecule has 5 heteroatoms. The standard InChI is InChI=1S/C13H13N3O2/c14-5-13(7-18-8-13)6-16-11-2-1-10(15)3-9(11)4-12(16)17/h1-3H,4,6-8,15H2. The highest BCUT2D eigenvalue weighted by Crippen LogP contribution is 2.35. The number of nitriles is 1. The van der Waals surface area contributed by atoms with E-state index < -0.39 is 5.41 Å². The number of ether oxygens (including phenoxy) is 1. The minimum Gasteiger partial charge on any atom is -0.399 e. The van der Waals surface area contributed by atoms with Crippen molar-refractivity contribution in [3.05, 3.63) is 23.8 Å². The smallest absolute Gasteiger partial charge is 0.231 e. The molecule has 0 saturated carbocycles. The van der Waals surface area contributed by atoms with Crippen LogP contribution in [0.1, 0.15) is 5.56 Å². The third-order valence-electron chi connectivity index (χ3n) is 3.49. The summed E-state index contributed by atoms with van der Waals surface area (Å²) < 4.78 is 5.10. The van der Waals surface area contributed by atoms with Crippen LogP contribution in [-0.2, 0) is 16.0 Å². The SMILES string of the molecule is N#CC1(CN2C(=O)Cc3cc(N)ccc32)COC1. The molecule has 92 valence electrons. The van der Waals surface area contributed by atoms with E-state index in [1.165, 1.54) is 0 Å². The van der Waals surface area contributed by atoms with Crippen LogP contribution in [0.4, 0.5) is 11.4 Å². The van der Waals surface area contributed by atoms with Crippen LogP contribution in [0.25, 0.3) is 0 Å². The van der Waals surface area contributed by atoms with Gasteiger partial charge in [0.15, 0.2) is 0 Å². The average Bonchev–Trinajstić information content (AvgIpc) is 2.59. The first-order chi connectivity index (χ1) is 8.63. The number of fused-ring (bicyclic) bond motifs is 1. The van der Waals surface area contributed by atoms with E-state index >= 15 is 0 Å². The molecule has 0 spiro atoms. The van der Waals surface area contributed by atoms with Crippen molar-refractivity contribution >= 4 is 17.3 Å². The van der Waals surface area contributed by atoms with Crippen LogP contribution >= 0.6 is 0 Å². The van der Waals surface area contributed by atoms with Crippen LogP contribution in [-0.4, -0.2) is 25.7 Å². The first-order valence-corrected chi connectivity index (χ1v) is 5.81. The predicted molar refractivity (Wildman–Crippen MR) is 65.8 cm³/mol. The van der Waals surface area contributed by atoms with E-state index in [-0.39, 0.29) is 5.91 Å². The lowest BCUT2D eigenvalue weighted by molar-refractivity contribution is -0.119. The van der Waals surface area contributed by atoms with Gasteiger partial charge in [-0.2, -0.15) is 5.26 Å². The maximum Gasteiger partial charge on any atom is 0.231 e. The van der Waals surface area contributed by atoms with Gasteiger partial charge < -0.3 is 15.4 Å². The number of carbonyl (C=O) groups is 1. The van der Waals surface area contributed by atoms with E-state index in [9.17, 15) is 10.1 Å². The normalized spacial score (nSPS) is 20.2. The van der Waals surface area contributed by atoms with Crippen LogP contribution < -0.4 is 10.6 Å². The summed E-state index contributed by atoms with van der Waals surface area (Å²) in [4.78, 5) is 13.7. The number of carbonyl (C=O) groups excluding carboxylic acids is 1. The molecule has 1 saturated heterocycles. The first kappa shape index (κ1) is 11.1. The predicted octanol–water partition coefficient (Wildman–Crippen LogP) is 0.698. The number of anilines is 2. The average molecular weight is 243 g/mol. The molecule has 1 amide bonds. The third-order valence-corrected chi connectivity index (χ3v) is 3.49. The third kappa shape index (κ3) is 1.54. The van der Waals surface area contributed by atoms with Gasteiger partial charge in [-0.15, -0.1) is 0 Å². The fourth-order valence-electron chi connectivity index (χ4n) is 2.42. The Balaban J connectivity index is 1.90. The minimum atomic E-state index is -0.543. The van der Waals surface area contributed by atoms with Crippen LogP contribution in [0.2, 0.25) is 0 Å². The Labute approximate surface area is 105 Å². The van der Waals surface area contributed by atoms with Gasteiger partial charge in [0, 0.05) is 17.9 Å². The number of amides is 1. The highest BCUT2D eigenvalue weighted by Gasteiger charge is 2.43. The van der Waals surface area contributed by atoms with Crippen molar-refractivity contribution in [2.24, 2.45) is 5.41 Å². The summed E-state index contributed by atoms with van der Waals surface area (Å²) in [5.74, 6) is 0.0251. The van der Waals surface area contributed by atoms with Crippen LogP contribution in [0.3, 0.4) is 0 Å². The monoisotopic (exact) mass is 243 g/mol. The number of hydrogen-bond acceptors (Lipinski definition) is 4. The summed E-state index contributed by atoms with van der Waals surface area (Å²) in [6.45, 7) is 1.20. The molecule has 5 nitrogen and oxygen atoms in total. The second-order valence-corrected chi connectivity index (χ2v) is 4.93. The molecule has 18 heavy (non-hydrogen) atoms. The zero-order valence-electron chi connectivity index (χ0n) is 9.85. The van der Waals surface area contributed by atoms with Gasteiger partial charge in [0.2, 0.25) is 5.91 Å². The second-order valence-electron chi connectivity index (χ2n) is 4.93. The van der Waals surface area contributed by atoms with E-state index in [4.69, 9.17) is 10.5 Å². The number of nitrogen functional groups attached to an aromatic ring is 1. The number of hydrogen-bond donors (Lipinski definition) is 1. The summed E-state index contributed by atoms with van der Waals surface area (Å²) in [7, 11) is 0. The highest BCUT2D eigenvalue weighted by atomic mass is 16.5. The van der Waals surface area contributed by atoms with Gasteiger partial charge in [-0.25, -0.2) is 0 Å². The molecule has 0 radical (unpaired) electrons. The lowest BCUT2D eigenvalue weighted by atomic mass is 9.87. The van der Waals surface area contributed by atoms with Crippen molar-refractivity contribution in [3.63, 3.8) is 0 Å². The second kappa shape index (κ2) is 3.72. The molecule has 2 aliphatic heterocycles. The Morgan fingerprint density at radius 2 is 2.28 bits per heavy atom. The van der Waals surface area contributed by atoms with Gasteiger partial charge in [-0.1, -0.05) is 0 Å². The number of nitrogens with two attached hydrogens (primary N) is 1. The van der Waals surface area contributed by atoms with Gasteiger partial charge in [0.25, 0.3) is 0 Å². The van der Waals surface area contributed by atoms with Crippen molar-refractivity contribution in [2.45, 2.75) is 6.42 Å². The fraction of sp³-hybridized carbons (Fsp3) is 0.385. The summed E-state index contributed by atoms with van der Waals surface area (Å²) in [5, 5.41) is 9.19. The van der Waals surface area contributed by atoms with Crippen molar-refractivity contribution in [1.82, 2.24) is 0 Å². The Bertz CT molecular complexity index is 558. The zero-order valence-corrected chi connectivity index (χ0v) is 9.85. The highest BCUT2D eigenvalue weighted by molar-refractivity contribution is 6.01. The van der Waals surface area contributed by atoms with Gasteiger partial charge in [0.05, 0.1) is 25.7 Å². The molecule has 1 aromatic carbocycles. The molecule has 1 aromatic rings. The number of nitrogens with zero attached hydrogens (tertiary/aromatic N) is 2. The van der Waals surface area contributed by atoms with Crippen LogP contribution in [0.15, 0.2) is 18.2 Å². The van der Waals surface area contributed by atoms with Crippen molar-refractivity contribution in [2.75, 3.05) is 30.4 Å². The Kier molecular flexibility index (Phi) is 2.28. The van der Waals surface area contributed by atoms with Crippen molar-refractivity contribution in [1.29, 1.82) is 5.26 Å². The molecule has 0 aromatic heterocycles. The Morgan fingerprint density at radius 1 is 1.50 bits per heavy atom. The fourth-order valence-corrected chi connectivity index (χ4v) is 2.42. The van der Waals surface area contributed by atoms with E-state index in [2.05, 4.69) is 6.07 Å². The molecule has 0 unspecified atom stereocenters. The van der Waals surface area contributed by atoms with E-state index in [0.29, 0.717) is 31.9 Å². The maximum absolute atomic E-state index is 12.0. The molecule has 2 heterocycles. The molecular formula is C13H13N3O2. The quantitative estimate of drug-likeness (QED) is 0.775. The number of benzene rings is 1. The minimum absolute atomic E-state index is 0.0251. The number of rotatable bonds is 2. The molecule has 0 bridgehead atoms. The maximum atomic E-state index is 12.0. The summed E-state index contributed by atoms with van der Waals surface area (Å²) in [6.07, 6.45) is 0.364. The van der Waals surface area contributed by atoms with Crippen molar-refractivity contribution < 1.29 is 9.53 Å². The van der Waals surface area contributed by atoms with Gasteiger partial charge in [-0.05, 0) is 23.8 Å². The topological polar surface area (TPSA) is 79.4 Å². The van der Waals surface area contributed by atoms with Gasteiger partial charge in [0.1, 0.15) is 5.41 Å². The van der Waals surface area contributed by atoms with E-state index in [1.54, 1.807) is 11.0 Å². The summed E-state index contributed by atoms with van der Waals surface area (Å²) in [6, 6.07) is 7.71. The lowest BCUT2D eigenvalue weighted by Gasteiger charge is -2.38. The largest absolute Gasteiger partial charge is 0.399 e. The van der Waals surface area contributed by atoms with Crippen molar-refractivity contribution in [3.8, 4) is 6.07 Å². The lowest BCUT2D eigenvalue weighted by Crippen LogP contribution is -2.50.